The van der Waals surface area contributed by atoms with E-state index in [0.717, 1.165) is 16.9 Å². The maximum absolute atomic E-state index is 14.0. The molecule has 7 nitrogen and oxygen atoms in total. The monoisotopic (exact) mass is 471 g/mol. The fourth-order valence-electron chi connectivity index (χ4n) is 3.30. The first kappa shape index (κ1) is 22.2. The number of benzene rings is 2. The Labute approximate surface area is 193 Å². The summed E-state index contributed by atoms with van der Waals surface area (Å²) >= 11 is 2.43. The zero-order valence-electron chi connectivity index (χ0n) is 17.5. The second-order valence-electron chi connectivity index (χ2n) is 7.30. The molecular formula is C22H22FN5O2S2. The second kappa shape index (κ2) is 10.1. The Morgan fingerprint density at radius 1 is 1.06 bits per heavy atom. The van der Waals surface area contributed by atoms with Crippen LogP contribution >= 0.6 is 23.1 Å². The summed E-state index contributed by atoms with van der Waals surface area (Å²) in [5, 5.41) is 11.0. The number of aromatic nitrogens is 2. The standard InChI is InChI=1S/C22H22FN5O2S2/c1-15-6-8-16(9-7-15)24-20(30)21-25-26-22(32-21)31-14-19(29)28-12-10-27(11-13-28)18-5-3-2-4-17(18)23/h2-9H,10-14H2,1H3,(H,24,30). The first-order chi connectivity index (χ1) is 15.5. The first-order valence-electron chi connectivity index (χ1n) is 10.1. The SMILES string of the molecule is Cc1ccc(NC(=O)c2nnc(SCC(=O)N3CCN(c4ccccc4F)CC3)s2)cc1. The Balaban J connectivity index is 1.25. The number of amides is 2. The number of carbonyl (C=O) groups excluding carboxylic acids is 2. The lowest BCUT2D eigenvalue weighted by atomic mass is 10.2. The van der Waals surface area contributed by atoms with Crippen LogP contribution in [0.1, 0.15) is 15.4 Å². The van der Waals surface area contributed by atoms with Crippen molar-refractivity contribution in [3.8, 4) is 0 Å². The van der Waals surface area contributed by atoms with Crippen LogP contribution < -0.4 is 10.2 Å². The molecule has 2 amide bonds. The lowest BCUT2D eigenvalue weighted by Crippen LogP contribution is -2.49. The highest BCUT2D eigenvalue weighted by Gasteiger charge is 2.23. The molecule has 0 saturated carbocycles. The highest BCUT2D eigenvalue weighted by molar-refractivity contribution is 8.01. The van der Waals surface area contributed by atoms with Crippen molar-refractivity contribution < 1.29 is 14.0 Å². The van der Waals surface area contributed by atoms with Crippen molar-refractivity contribution in [1.82, 2.24) is 15.1 Å². The number of piperazine rings is 1. The van der Waals surface area contributed by atoms with E-state index in [1.165, 1.54) is 17.8 Å². The van der Waals surface area contributed by atoms with E-state index >= 15 is 0 Å². The Bertz CT molecular complexity index is 1100. The molecule has 166 valence electrons. The number of para-hydroxylation sites is 1. The smallest absolute Gasteiger partial charge is 0.286 e. The maximum Gasteiger partial charge on any atom is 0.286 e. The van der Waals surface area contributed by atoms with Gasteiger partial charge in [-0.2, -0.15) is 0 Å². The summed E-state index contributed by atoms with van der Waals surface area (Å²) in [5.74, 6) is -0.368. The van der Waals surface area contributed by atoms with Crippen molar-refractivity contribution >= 4 is 46.3 Å². The van der Waals surface area contributed by atoms with Crippen LogP contribution in [0.4, 0.5) is 15.8 Å². The van der Waals surface area contributed by atoms with E-state index in [4.69, 9.17) is 0 Å². The van der Waals surface area contributed by atoms with Gasteiger partial charge in [0, 0.05) is 31.9 Å². The molecule has 0 unspecified atom stereocenters. The predicted octanol–water partition coefficient (Wildman–Crippen LogP) is 3.68. The van der Waals surface area contributed by atoms with Crippen molar-refractivity contribution in [2.24, 2.45) is 0 Å². The average Bonchev–Trinajstić information content (AvgIpc) is 3.29. The van der Waals surface area contributed by atoms with Crippen molar-refractivity contribution in [2.75, 3.05) is 42.1 Å². The van der Waals surface area contributed by atoms with Gasteiger partial charge in [0.2, 0.25) is 10.9 Å². The van der Waals surface area contributed by atoms with E-state index in [0.29, 0.717) is 41.9 Å². The van der Waals surface area contributed by atoms with Gasteiger partial charge in [-0.25, -0.2) is 4.39 Å². The van der Waals surface area contributed by atoms with Crippen LogP contribution in [0.5, 0.6) is 0 Å². The molecule has 1 N–H and O–H groups in total. The van der Waals surface area contributed by atoms with Crippen molar-refractivity contribution in [3.63, 3.8) is 0 Å². The van der Waals surface area contributed by atoms with Gasteiger partial charge in [0.05, 0.1) is 11.4 Å². The normalized spacial score (nSPS) is 13.8. The number of halogens is 1. The van der Waals surface area contributed by atoms with Crippen LogP contribution in [0.15, 0.2) is 52.9 Å². The quantitative estimate of drug-likeness (QED) is 0.553. The predicted molar refractivity (Wildman–Crippen MR) is 125 cm³/mol. The Hall–Kier alpha value is -2.98. The molecule has 0 aliphatic carbocycles. The number of thioether (sulfide) groups is 1. The van der Waals surface area contributed by atoms with E-state index in [-0.39, 0.29) is 28.4 Å². The summed E-state index contributed by atoms with van der Waals surface area (Å²) in [6.07, 6.45) is 0. The van der Waals surface area contributed by atoms with Crippen molar-refractivity contribution in [1.29, 1.82) is 0 Å². The van der Waals surface area contributed by atoms with Gasteiger partial charge in [0.15, 0.2) is 4.34 Å². The first-order valence-corrected chi connectivity index (χ1v) is 11.9. The third-order valence-corrected chi connectivity index (χ3v) is 7.09. The summed E-state index contributed by atoms with van der Waals surface area (Å²) in [7, 11) is 0. The summed E-state index contributed by atoms with van der Waals surface area (Å²) in [4.78, 5) is 28.7. The molecule has 0 spiro atoms. The number of nitrogens with zero attached hydrogens (tertiary/aromatic N) is 4. The fourth-order valence-corrected chi connectivity index (χ4v) is 4.95. The minimum Gasteiger partial charge on any atom is -0.366 e. The van der Waals surface area contributed by atoms with Gasteiger partial charge in [0.25, 0.3) is 5.91 Å². The Kier molecular flexibility index (Phi) is 7.01. The van der Waals surface area contributed by atoms with Gasteiger partial charge in [-0.15, -0.1) is 10.2 Å². The third-order valence-electron chi connectivity index (χ3n) is 5.05. The van der Waals surface area contributed by atoms with E-state index in [1.54, 1.807) is 17.0 Å². The lowest BCUT2D eigenvalue weighted by molar-refractivity contribution is -0.128. The molecule has 0 bridgehead atoms. The molecule has 1 saturated heterocycles. The topological polar surface area (TPSA) is 78.4 Å². The van der Waals surface area contributed by atoms with Crippen LogP contribution in [-0.2, 0) is 4.79 Å². The molecular weight excluding hydrogens is 449 g/mol. The number of hydrogen-bond donors (Lipinski definition) is 1. The minimum atomic E-state index is -0.325. The maximum atomic E-state index is 14.0. The summed E-state index contributed by atoms with van der Waals surface area (Å²) in [6.45, 7) is 4.21. The van der Waals surface area contributed by atoms with Crippen LogP contribution in [0.25, 0.3) is 0 Å². The van der Waals surface area contributed by atoms with E-state index in [1.807, 2.05) is 42.2 Å². The molecule has 32 heavy (non-hydrogen) atoms. The van der Waals surface area contributed by atoms with Gasteiger partial charge in [0.1, 0.15) is 5.82 Å². The average molecular weight is 472 g/mol. The molecule has 1 aromatic heterocycles. The van der Waals surface area contributed by atoms with Gasteiger partial charge in [-0.3, -0.25) is 9.59 Å². The minimum absolute atomic E-state index is 0.0101. The summed E-state index contributed by atoms with van der Waals surface area (Å²) in [5.41, 5.74) is 2.37. The summed E-state index contributed by atoms with van der Waals surface area (Å²) < 4.78 is 14.5. The van der Waals surface area contributed by atoms with Crippen LogP contribution in [0, 0.1) is 12.7 Å². The molecule has 1 fully saturated rings. The highest BCUT2D eigenvalue weighted by Crippen LogP contribution is 2.24. The summed E-state index contributed by atoms with van der Waals surface area (Å²) in [6, 6.07) is 14.2. The van der Waals surface area contributed by atoms with Crippen molar-refractivity contribution in [2.45, 2.75) is 11.3 Å². The van der Waals surface area contributed by atoms with Gasteiger partial charge in [-0.1, -0.05) is 52.9 Å². The third kappa shape index (κ3) is 5.43. The fraction of sp³-hybridized carbons (Fsp3) is 0.273. The number of carbonyl (C=O) groups is 2. The Morgan fingerprint density at radius 3 is 2.50 bits per heavy atom. The Morgan fingerprint density at radius 2 is 1.78 bits per heavy atom. The van der Waals surface area contributed by atoms with E-state index in [2.05, 4.69) is 15.5 Å². The van der Waals surface area contributed by atoms with Crippen molar-refractivity contribution in [3.05, 3.63) is 64.9 Å². The number of hydrogen-bond acceptors (Lipinski definition) is 7. The molecule has 2 heterocycles. The van der Waals surface area contributed by atoms with Crippen LogP contribution in [0.3, 0.4) is 0 Å². The zero-order chi connectivity index (χ0) is 22.5. The molecule has 2 aromatic carbocycles. The molecule has 0 radical (unpaired) electrons. The molecule has 1 aliphatic heterocycles. The molecule has 3 aromatic rings. The van der Waals surface area contributed by atoms with Gasteiger partial charge >= 0.3 is 0 Å². The number of anilines is 2. The van der Waals surface area contributed by atoms with Crippen LogP contribution in [0.2, 0.25) is 0 Å². The zero-order valence-corrected chi connectivity index (χ0v) is 19.1. The van der Waals surface area contributed by atoms with E-state index < -0.39 is 0 Å². The van der Waals surface area contributed by atoms with Gasteiger partial charge < -0.3 is 15.1 Å². The molecule has 4 rings (SSSR count). The number of rotatable bonds is 6. The number of nitrogens with one attached hydrogen (secondary N) is 1. The molecule has 1 aliphatic rings. The van der Waals surface area contributed by atoms with Gasteiger partial charge in [-0.05, 0) is 31.2 Å². The number of aryl methyl sites for hydroxylation is 1. The second-order valence-corrected chi connectivity index (χ2v) is 9.50. The molecule has 0 atom stereocenters. The van der Waals surface area contributed by atoms with E-state index in [9.17, 15) is 14.0 Å². The highest BCUT2D eigenvalue weighted by atomic mass is 32.2. The molecule has 10 heteroatoms. The largest absolute Gasteiger partial charge is 0.366 e. The van der Waals surface area contributed by atoms with Crippen LogP contribution in [-0.4, -0.2) is 58.8 Å². The lowest BCUT2D eigenvalue weighted by Gasteiger charge is -2.36.